The Kier molecular flexibility index (Phi) is 4.23. The highest BCUT2D eigenvalue weighted by molar-refractivity contribution is 5.46. The van der Waals surface area contributed by atoms with Crippen molar-refractivity contribution in [3.05, 3.63) is 46.1 Å². The summed E-state index contributed by atoms with van der Waals surface area (Å²) >= 11 is 0. The van der Waals surface area contributed by atoms with Crippen LogP contribution in [0.4, 0.5) is 11.8 Å². The second-order valence-corrected chi connectivity index (χ2v) is 5.06. The molecule has 1 aromatic carbocycles. The number of aromatic nitrogens is 2. The summed E-state index contributed by atoms with van der Waals surface area (Å²) in [5, 5.41) is 0. The van der Waals surface area contributed by atoms with Gasteiger partial charge in [-0.2, -0.15) is 4.98 Å². The van der Waals surface area contributed by atoms with Crippen molar-refractivity contribution in [2.45, 2.75) is 40.0 Å². The van der Waals surface area contributed by atoms with Crippen molar-refractivity contribution in [2.75, 3.05) is 11.5 Å². The number of benzene rings is 1. The van der Waals surface area contributed by atoms with E-state index in [0.29, 0.717) is 5.82 Å². The van der Waals surface area contributed by atoms with Gasteiger partial charge in [0, 0.05) is 18.2 Å². The monoisotopic (exact) mass is 270 g/mol. The highest BCUT2D eigenvalue weighted by atomic mass is 15.0. The van der Waals surface area contributed by atoms with Crippen molar-refractivity contribution in [1.29, 1.82) is 0 Å². The maximum absolute atomic E-state index is 5.91. The molecular weight excluding hydrogens is 248 g/mol. The highest BCUT2D eigenvalue weighted by Crippen LogP contribution is 2.22. The van der Waals surface area contributed by atoms with Crippen molar-refractivity contribution in [3.63, 3.8) is 0 Å². The summed E-state index contributed by atoms with van der Waals surface area (Å²) in [5.74, 6) is 0.688. The van der Waals surface area contributed by atoms with Crippen LogP contribution in [0.2, 0.25) is 0 Å². The van der Waals surface area contributed by atoms with Gasteiger partial charge in [-0.15, -0.1) is 0 Å². The maximum atomic E-state index is 5.91. The van der Waals surface area contributed by atoms with Crippen molar-refractivity contribution >= 4 is 11.8 Å². The molecule has 2 aromatic rings. The predicted molar refractivity (Wildman–Crippen MR) is 83.6 cm³/mol. The first kappa shape index (κ1) is 14.3. The lowest BCUT2D eigenvalue weighted by molar-refractivity contribution is 1.01. The molecule has 4 heteroatoms. The van der Waals surface area contributed by atoms with Crippen LogP contribution in [-0.2, 0) is 19.3 Å². The third-order valence-electron chi connectivity index (χ3n) is 3.76. The minimum absolute atomic E-state index is 0.221. The molecule has 0 aliphatic heterocycles. The molecule has 0 fully saturated rings. The van der Waals surface area contributed by atoms with Crippen molar-refractivity contribution in [3.8, 4) is 0 Å². The molecule has 0 spiro atoms. The zero-order chi connectivity index (χ0) is 14.7. The zero-order valence-corrected chi connectivity index (χ0v) is 12.4. The molecule has 0 saturated carbocycles. The molecule has 1 aromatic heterocycles. The molecule has 1 heterocycles. The number of nitrogens with two attached hydrogens (primary N) is 2. The first-order valence-electron chi connectivity index (χ1n) is 7.03. The molecule has 0 radical (unpaired) electrons. The Bertz CT molecular complexity index is 595. The van der Waals surface area contributed by atoms with Gasteiger partial charge < -0.3 is 11.5 Å². The molecule has 0 bridgehead atoms. The van der Waals surface area contributed by atoms with E-state index in [1.54, 1.807) is 6.20 Å². The number of nitrogen functional groups attached to an aromatic ring is 2. The Morgan fingerprint density at radius 2 is 1.60 bits per heavy atom. The number of rotatable bonds is 4. The van der Waals surface area contributed by atoms with Gasteiger partial charge in [0.1, 0.15) is 5.82 Å². The van der Waals surface area contributed by atoms with Crippen LogP contribution in [0.5, 0.6) is 0 Å². The molecule has 0 amide bonds. The van der Waals surface area contributed by atoms with Gasteiger partial charge in [0.15, 0.2) is 0 Å². The summed E-state index contributed by atoms with van der Waals surface area (Å²) < 4.78 is 0. The lowest BCUT2D eigenvalue weighted by Gasteiger charge is -2.13. The molecular formula is C16H22N4. The van der Waals surface area contributed by atoms with Crippen LogP contribution >= 0.6 is 0 Å². The van der Waals surface area contributed by atoms with Gasteiger partial charge in [-0.1, -0.05) is 26.0 Å². The van der Waals surface area contributed by atoms with Crippen molar-refractivity contribution in [1.82, 2.24) is 9.97 Å². The fourth-order valence-electron chi connectivity index (χ4n) is 2.54. The van der Waals surface area contributed by atoms with E-state index >= 15 is 0 Å². The van der Waals surface area contributed by atoms with Gasteiger partial charge in [0.05, 0.1) is 0 Å². The van der Waals surface area contributed by atoms with E-state index in [9.17, 15) is 0 Å². The molecule has 2 rings (SSSR count). The summed E-state index contributed by atoms with van der Waals surface area (Å²) in [7, 11) is 0. The number of aryl methyl sites for hydroxylation is 2. The van der Waals surface area contributed by atoms with E-state index < -0.39 is 0 Å². The van der Waals surface area contributed by atoms with Gasteiger partial charge in [0.2, 0.25) is 5.95 Å². The largest absolute Gasteiger partial charge is 0.383 e. The van der Waals surface area contributed by atoms with E-state index in [4.69, 9.17) is 11.5 Å². The van der Waals surface area contributed by atoms with Gasteiger partial charge >= 0.3 is 0 Å². The Labute approximate surface area is 120 Å². The summed E-state index contributed by atoms with van der Waals surface area (Å²) in [6, 6.07) is 4.51. The van der Waals surface area contributed by atoms with Crippen LogP contribution in [-0.4, -0.2) is 9.97 Å². The Morgan fingerprint density at radius 1 is 1.00 bits per heavy atom. The average molecular weight is 270 g/mol. The minimum Gasteiger partial charge on any atom is -0.383 e. The number of hydrogen-bond donors (Lipinski definition) is 2. The number of anilines is 2. The van der Waals surface area contributed by atoms with E-state index in [1.807, 2.05) is 0 Å². The van der Waals surface area contributed by atoms with Crippen molar-refractivity contribution < 1.29 is 0 Å². The predicted octanol–water partition coefficient (Wildman–Crippen LogP) is 2.67. The van der Waals surface area contributed by atoms with Crippen LogP contribution in [0.1, 0.15) is 41.7 Å². The van der Waals surface area contributed by atoms with E-state index in [0.717, 1.165) is 24.8 Å². The third kappa shape index (κ3) is 2.90. The first-order valence-corrected chi connectivity index (χ1v) is 7.03. The third-order valence-corrected chi connectivity index (χ3v) is 3.76. The minimum atomic E-state index is 0.221. The Morgan fingerprint density at radius 3 is 2.10 bits per heavy atom. The summed E-state index contributed by atoms with van der Waals surface area (Å²) in [5.41, 5.74) is 17.8. The number of hydrogen-bond acceptors (Lipinski definition) is 4. The fraction of sp³-hybridized carbons (Fsp3) is 0.375. The fourth-order valence-corrected chi connectivity index (χ4v) is 2.54. The second kappa shape index (κ2) is 5.90. The maximum Gasteiger partial charge on any atom is 0.221 e. The van der Waals surface area contributed by atoms with Crippen LogP contribution < -0.4 is 11.5 Å². The van der Waals surface area contributed by atoms with Crippen LogP contribution in [0.3, 0.4) is 0 Å². The zero-order valence-electron chi connectivity index (χ0n) is 12.4. The molecule has 0 aliphatic rings. The highest BCUT2D eigenvalue weighted by Gasteiger charge is 2.08. The van der Waals surface area contributed by atoms with E-state index in [-0.39, 0.29) is 5.95 Å². The number of nitrogens with zero attached hydrogens (tertiary/aromatic N) is 2. The first-order chi connectivity index (χ1) is 9.55. The molecule has 106 valence electrons. The Balaban J connectivity index is 2.38. The molecule has 0 atom stereocenters. The summed E-state index contributed by atoms with van der Waals surface area (Å²) in [4.78, 5) is 8.04. The van der Waals surface area contributed by atoms with Gasteiger partial charge in [0.25, 0.3) is 0 Å². The van der Waals surface area contributed by atoms with Crippen LogP contribution in [0, 0.1) is 6.92 Å². The van der Waals surface area contributed by atoms with E-state index in [1.165, 1.54) is 22.3 Å². The standard InChI is InChI=1S/C16H22N4/c1-4-12-6-11(7-13(5-2)10(12)3)8-14-9-19-16(18)20-15(14)17/h6-7,9H,4-5,8H2,1-3H3,(H4,17,18,19,20). The molecule has 20 heavy (non-hydrogen) atoms. The summed E-state index contributed by atoms with van der Waals surface area (Å²) in [6.07, 6.45) is 4.54. The second-order valence-electron chi connectivity index (χ2n) is 5.06. The Hall–Kier alpha value is -2.10. The van der Waals surface area contributed by atoms with Gasteiger partial charge in [-0.3, -0.25) is 0 Å². The van der Waals surface area contributed by atoms with Gasteiger partial charge in [-0.05, 0) is 42.0 Å². The van der Waals surface area contributed by atoms with Crippen LogP contribution in [0.25, 0.3) is 0 Å². The van der Waals surface area contributed by atoms with E-state index in [2.05, 4.69) is 42.9 Å². The van der Waals surface area contributed by atoms with Crippen LogP contribution in [0.15, 0.2) is 18.3 Å². The normalized spacial score (nSPS) is 10.8. The molecule has 0 saturated heterocycles. The van der Waals surface area contributed by atoms with Gasteiger partial charge in [-0.25, -0.2) is 4.98 Å². The quantitative estimate of drug-likeness (QED) is 0.895. The smallest absolute Gasteiger partial charge is 0.221 e. The molecule has 0 aliphatic carbocycles. The lowest BCUT2D eigenvalue weighted by Crippen LogP contribution is -2.05. The van der Waals surface area contributed by atoms with Crippen molar-refractivity contribution in [2.24, 2.45) is 0 Å². The SMILES string of the molecule is CCc1cc(Cc2cnc(N)nc2N)cc(CC)c1C. The molecule has 4 N–H and O–H groups in total. The molecule has 0 unspecified atom stereocenters. The lowest BCUT2D eigenvalue weighted by atomic mass is 9.93. The molecule has 4 nitrogen and oxygen atoms in total. The summed E-state index contributed by atoms with van der Waals surface area (Å²) in [6.45, 7) is 6.57. The average Bonchev–Trinajstić information content (AvgIpc) is 2.43. The topological polar surface area (TPSA) is 77.8 Å².